The van der Waals surface area contributed by atoms with E-state index in [0.29, 0.717) is 0 Å². The van der Waals surface area contributed by atoms with Crippen molar-refractivity contribution in [3.63, 3.8) is 0 Å². The molecule has 0 aliphatic heterocycles. The van der Waals surface area contributed by atoms with Gasteiger partial charge in [-0.2, -0.15) is 0 Å². The molecule has 14 heavy (non-hydrogen) atoms. The zero-order chi connectivity index (χ0) is 10.5. The van der Waals surface area contributed by atoms with Crippen molar-refractivity contribution in [3.8, 4) is 5.75 Å². The third-order valence-corrected chi connectivity index (χ3v) is 2.79. The zero-order valence-electron chi connectivity index (χ0n) is 7.47. The van der Waals surface area contributed by atoms with Crippen molar-refractivity contribution in [2.45, 2.75) is 19.3 Å². The molecule has 1 aromatic carbocycles. The first-order chi connectivity index (χ1) is 6.52. The van der Waals surface area contributed by atoms with Gasteiger partial charge in [-0.15, -0.1) is 0 Å². The highest BCUT2D eigenvalue weighted by Gasteiger charge is 2.33. The summed E-state index contributed by atoms with van der Waals surface area (Å²) in [6, 6.07) is 1.05. The van der Waals surface area contributed by atoms with Crippen LogP contribution in [-0.4, -0.2) is 10.9 Å². The van der Waals surface area contributed by atoms with Gasteiger partial charge in [-0.25, -0.2) is 4.39 Å². The van der Waals surface area contributed by atoms with E-state index >= 15 is 0 Å². The molecule has 74 valence electrons. The van der Waals surface area contributed by atoms with Crippen LogP contribution in [-0.2, 0) is 0 Å². The highest BCUT2D eigenvalue weighted by molar-refractivity contribution is 6.32. The Morgan fingerprint density at radius 2 is 2.29 bits per heavy atom. The van der Waals surface area contributed by atoms with Gasteiger partial charge in [-0.05, 0) is 12.0 Å². The van der Waals surface area contributed by atoms with Crippen LogP contribution in [0.25, 0.3) is 0 Å². The highest BCUT2D eigenvalue weighted by Crippen LogP contribution is 2.42. The van der Waals surface area contributed by atoms with Gasteiger partial charge in [0.2, 0.25) is 0 Å². The number of hydrogen-bond donors (Lipinski definition) is 1. The SMILES string of the molecule is C[C@@H]1CC(=O)c2c(O)c(Cl)cc(F)c21. The van der Waals surface area contributed by atoms with Gasteiger partial charge in [0.1, 0.15) is 11.6 Å². The molecule has 1 atom stereocenters. The Hall–Kier alpha value is -1.09. The average Bonchev–Trinajstić information content (AvgIpc) is 2.38. The number of aromatic hydroxyl groups is 1. The third-order valence-electron chi connectivity index (χ3n) is 2.51. The Morgan fingerprint density at radius 1 is 1.64 bits per heavy atom. The largest absolute Gasteiger partial charge is 0.506 e. The summed E-state index contributed by atoms with van der Waals surface area (Å²) in [6.07, 6.45) is 0.236. The van der Waals surface area contributed by atoms with Crippen LogP contribution in [0.4, 0.5) is 4.39 Å². The van der Waals surface area contributed by atoms with E-state index in [1.54, 1.807) is 6.92 Å². The van der Waals surface area contributed by atoms with Gasteiger partial charge in [0, 0.05) is 12.0 Å². The minimum Gasteiger partial charge on any atom is -0.506 e. The monoisotopic (exact) mass is 214 g/mol. The van der Waals surface area contributed by atoms with E-state index in [2.05, 4.69) is 0 Å². The quantitative estimate of drug-likeness (QED) is 0.721. The molecule has 2 nitrogen and oxygen atoms in total. The van der Waals surface area contributed by atoms with Crippen molar-refractivity contribution in [3.05, 3.63) is 28.0 Å². The fourth-order valence-corrected chi connectivity index (χ4v) is 2.06. The van der Waals surface area contributed by atoms with Crippen molar-refractivity contribution in [1.82, 2.24) is 0 Å². The number of fused-ring (bicyclic) bond motifs is 1. The van der Waals surface area contributed by atoms with Gasteiger partial charge in [-0.3, -0.25) is 4.79 Å². The molecule has 0 saturated heterocycles. The van der Waals surface area contributed by atoms with Gasteiger partial charge >= 0.3 is 0 Å². The number of benzene rings is 1. The zero-order valence-corrected chi connectivity index (χ0v) is 8.23. The summed E-state index contributed by atoms with van der Waals surface area (Å²) in [5.74, 6) is -1.23. The lowest BCUT2D eigenvalue weighted by Crippen LogP contribution is -1.95. The summed E-state index contributed by atoms with van der Waals surface area (Å²) in [7, 11) is 0. The van der Waals surface area contributed by atoms with Crippen LogP contribution in [0.1, 0.15) is 35.2 Å². The van der Waals surface area contributed by atoms with E-state index in [1.165, 1.54) is 0 Å². The Morgan fingerprint density at radius 3 is 2.93 bits per heavy atom. The van der Waals surface area contributed by atoms with Crippen LogP contribution in [0.2, 0.25) is 5.02 Å². The van der Waals surface area contributed by atoms with Crippen LogP contribution in [0.5, 0.6) is 5.75 Å². The number of phenolic OH excluding ortho intramolecular Hbond substituents is 1. The maximum Gasteiger partial charge on any atom is 0.167 e. The lowest BCUT2D eigenvalue weighted by atomic mass is 10.0. The first-order valence-electron chi connectivity index (χ1n) is 4.26. The normalized spacial score (nSPS) is 19.9. The molecule has 1 aromatic rings. The summed E-state index contributed by atoms with van der Waals surface area (Å²) in [5, 5.41) is 9.40. The number of Topliss-reactive ketones (excluding diaryl/α,β-unsaturated/α-hetero) is 1. The van der Waals surface area contributed by atoms with Crippen LogP contribution in [0.3, 0.4) is 0 Å². The minimum absolute atomic E-state index is 0.0579. The first-order valence-corrected chi connectivity index (χ1v) is 4.64. The van der Waals surface area contributed by atoms with E-state index in [-0.39, 0.29) is 40.0 Å². The molecule has 4 heteroatoms. The van der Waals surface area contributed by atoms with Crippen molar-refractivity contribution in [2.75, 3.05) is 0 Å². The molecule has 0 bridgehead atoms. The maximum absolute atomic E-state index is 13.4. The Balaban J connectivity index is 2.79. The number of halogens is 2. The summed E-state index contributed by atoms with van der Waals surface area (Å²) in [4.78, 5) is 11.4. The van der Waals surface area contributed by atoms with Crippen LogP contribution >= 0.6 is 11.6 Å². The van der Waals surface area contributed by atoms with Crippen LogP contribution in [0.15, 0.2) is 6.07 Å². The molecule has 0 amide bonds. The van der Waals surface area contributed by atoms with Crippen LogP contribution in [0, 0.1) is 5.82 Å². The van der Waals surface area contributed by atoms with Crippen LogP contribution < -0.4 is 0 Å². The smallest absolute Gasteiger partial charge is 0.167 e. The summed E-state index contributed by atoms with van der Waals surface area (Å²) in [6.45, 7) is 1.75. The number of hydrogen-bond acceptors (Lipinski definition) is 2. The van der Waals surface area contributed by atoms with Crippen molar-refractivity contribution >= 4 is 17.4 Å². The number of carbonyl (C=O) groups excluding carboxylic acids is 1. The molecule has 1 N–H and O–H groups in total. The average molecular weight is 215 g/mol. The van der Waals surface area contributed by atoms with Gasteiger partial charge in [0.05, 0.1) is 10.6 Å². The lowest BCUT2D eigenvalue weighted by molar-refractivity contribution is 0.0988. The molecule has 0 heterocycles. The molecule has 0 saturated carbocycles. The minimum atomic E-state index is -0.513. The molecule has 0 aromatic heterocycles. The molecule has 0 spiro atoms. The van der Waals surface area contributed by atoms with E-state index < -0.39 is 5.82 Å². The van der Waals surface area contributed by atoms with E-state index in [0.717, 1.165) is 6.07 Å². The molecule has 0 unspecified atom stereocenters. The first kappa shape index (κ1) is 9.46. The second kappa shape index (κ2) is 2.95. The summed E-state index contributed by atoms with van der Waals surface area (Å²) >= 11 is 5.57. The fourth-order valence-electron chi connectivity index (χ4n) is 1.87. The van der Waals surface area contributed by atoms with Gasteiger partial charge in [-0.1, -0.05) is 18.5 Å². The summed E-state index contributed by atoms with van der Waals surface area (Å²) in [5.41, 5.74) is 0.347. The predicted octanol–water partition coefficient (Wildman–Crippen LogP) is 2.87. The third kappa shape index (κ3) is 1.12. The van der Waals surface area contributed by atoms with E-state index in [9.17, 15) is 14.3 Å². The number of carbonyl (C=O) groups is 1. The second-order valence-electron chi connectivity index (χ2n) is 3.51. The molecule has 2 rings (SSSR count). The number of ketones is 1. The molecule has 1 aliphatic rings. The number of phenols is 1. The highest BCUT2D eigenvalue weighted by atomic mass is 35.5. The second-order valence-corrected chi connectivity index (χ2v) is 3.91. The lowest BCUT2D eigenvalue weighted by Gasteiger charge is -2.07. The fraction of sp³-hybridized carbons (Fsp3) is 0.300. The molecule has 0 radical (unpaired) electrons. The molecular formula is C10H8ClFO2. The van der Waals surface area contributed by atoms with E-state index in [4.69, 9.17) is 11.6 Å². The van der Waals surface area contributed by atoms with Crippen molar-refractivity contribution < 1.29 is 14.3 Å². The van der Waals surface area contributed by atoms with Gasteiger partial charge in [0.15, 0.2) is 5.78 Å². The number of rotatable bonds is 0. The van der Waals surface area contributed by atoms with E-state index in [1.807, 2.05) is 0 Å². The van der Waals surface area contributed by atoms with Gasteiger partial charge in [0.25, 0.3) is 0 Å². The molecule has 1 aliphatic carbocycles. The molecule has 0 fully saturated rings. The topological polar surface area (TPSA) is 37.3 Å². The summed E-state index contributed by atoms with van der Waals surface area (Å²) < 4.78 is 13.4. The maximum atomic E-state index is 13.4. The predicted molar refractivity (Wildman–Crippen MR) is 50.4 cm³/mol. The van der Waals surface area contributed by atoms with Crippen molar-refractivity contribution in [2.24, 2.45) is 0 Å². The Kier molecular flexibility index (Phi) is 2.00. The Bertz CT molecular complexity index is 429. The van der Waals surface area contributed by atoms with Crippen molar-refractivity contribution in [1.29, 1.82) is 0 Å². The van der Waals surface area contributed by atoms with Gasteiger partial charge < -0.3 is 5.11 Å². The molecular weight excluding hydrogens is 207 g/mol. The Labute approximate surface area is 85.3 Å². The standard InChI is InChI=1S/C10H8ClFO2/c1-4-2-7(13)9-8(4)6(12)3-5(11)10(9)14/h3-4,14H,2H2,1H3/t4-/m1/s1.